The van der Waals surface area contributed by atoms with Crippen molar-refractivity contribution < 1.29 is 13.9 Å². The second kappa shape index (κ2) is 9.34. The predicted octanol–water partition coefficient (Wildman–Crippen LogP) is 2.96. The van der Waals surface area contributed by atoms with E-state index in [0.29, 0.717) is 73.1 Å². The molecule has 10 nitrogen and oxygen atoms in total. The second-order valence-corrected chi connectivity index (χ2v) is 8.39. The summed E-state index contributed by atoms with van der Waals surface area (Å²) in [4.78, 5) is 35.6. The SMILES string of the molecule is O=C(c1c(F)ccc2nc(CCNc3ncnc4[nH]cnc34)n(-c3ccccc3)c12)N1CCOCC1. The number of morpholine rings is 1. The lowest BCUT2D eigenvalue weighted by atomic mass is 10.1. The van der Waals surface area contributed by atoms with Crippen LogP contribution in [0.5, 0.6) is 0 Å². The number of amides is 1. The number of aromatic amines is 1. The lowest BCUT2D eigenvalue weighted by Crippen LogP contribution is -2.41. The van der Waals surface area contributed by atoms with Gasteiger partial charge in [-0.3, -0.25) is 9.36 Å². The number of nitrogens with zero attached hydrogens (tertiary/aromatic N) is 6. The van der Waals surface area contributed by atoms with E-state index in [4.69, 9.17) is 9.72 Å². The van der Waals surface area contributed by atoms with Gasteiger partial charge in [0.1, 0.15) is 29.0 Å². The first-order chi connectivity index (χ1) is 17.7. The van der Waals surface area contributed by atoms with Gasteiger partial charge in [0.05, 0.1) is 30.6 Å². The molecule has 2 aromatic carbocycles. The summed E-state index contributed by atoms with van der Waals surface area (Å²) in [6, 6.07) is 12.5. The van der Waals surface area contributed by atoms with E-state index in [0.717, 1.165) is 5.69 Å². The molecule has 0 unspecified atom stereocenters. The quantitative estimate of drug-likeness (QED) is 0.379. The third-order valence-corrected chi connectivity index (χ3v) is 6.22. The number of hydrogen-bond donors (Lipinski definition) is 2. The molecule has 5 aromatic rings. The van der Waals surface area contributed by atoms with Gasteiger partial charge >= 0.3 is 0 Å². The molecule has 182 valence electrons. The van der Waals surface area contributed by atoms with E-state index in [1.165, 1.54) is 12.4 Å². The maximum atomic E-state index is 15.3. The molecule has 1 fully saturated rings. The van der Waals surface area contributed by atoms with Gasteiger partial charge in [-0.15, -0.1) is 0 Å². The molecule has 1 aliphatic rings. The maximum Gasteiger partial charge on any atom is 0.259 e. The van der Waals surface area contributed by atoms with Crippen LogP contribution < -0.4 is 5.32 Å². The monoisotopic (exact) mass is 486 g/mol. The zero-order valence-corrected chi connectivity index (χ0v) is 19.3. The fraction of sp³-hybridized carbons (Fsp3) is 0.240. The van der Waals surface area contributed by atoms with Crippen LogP contribution in [0.15, 0.2) is 55.1 Å². The normalized spacial score (nSPS) is 14.0. The summed E-state index contributed by atoms with van der Waals surface area (Å²) in [7, 11) is 0. The third-order valence-electron chi connectivity index (χ3n) is 6.22. The molecule has 0 bridgehead atoms. The number of benzene rings is 2. The fourth-order valence-electron chi connectivity index (χ4n) is 4.53. The van der Waals surface area contributed by atoms with Gasteiger partial charge in [-0.2, -0.15) is 0 Å². The largest absolute Gasteiger partial charge is 0.378 e. The summed E-state index contributed by atoms with van der Waals surface area (Å²) in [5.74, 6) is 0.378. The van der Waals surface area contributed by atoms with Gasteiger partial charge in [-0.25, -0.2) is 24.3 Å². The smallest absolute Gasteiger partial charge is 0.259 e. The number of hydrogen-bond acceptors (Lipinski definition) is 7. The topological polar surface area (TPSA) is 114 Å². The second-order valence-electron chi connectivity index (χ2n) is 8.39. The summed E-state index contributed by atoms with van der Waals surface area (Å²) in [6.45, 7) is 2.20. The van der Waals surface area contributed by atoms with Crippen LogP contribution in [0.3, 0.4) is 0 Å². The van der Waals surface area contributed by atoms with Gasteiger partial charge in [0.15, 0.2) is 11.5 Å². The Morgan fingerprint density at radius 3 is 2.75 bits per heavy atom. The molecule has 0 saturated carbocycles. The Bertz CT molecular complexity index is 1540. The molecule has 11 heteroatoms. The molecule has 2 N–H and O–H groups in total. The average Bonchev–Trinajstić information content (AvgIpc) is 3.55. The average molecular weight is 487 g/mol. The van der Waals surface area contributed by atoms with Gasteiger partial charge in [-0.05, 0) is 24.3 Å². The number of H-pyrrole nitrogens is 1. The first-order valence-corrected chi connectivity index (χ1v) is 11.7. The zero-order valence-electron chi connectivity index (χ0n) is 19.3. The molecule has 0 atom stereocenters. The Hall–Kier alpha value is -4.38. The van der Waals surface area contributed by atoms with Crippen LogP contribution in [0.2, 0.25) is 0 Å². The Kier molecular flexibility index (Phi) is 5.74. The van der Waals surface area contributed by atoms with Crippen molar-refractivity contribution >= 4 is 33.9 Å². The number of ether oxygens (including phenoxy) is 1. The molecule has 1 amide bonds. The molecule has 1 aliphatic heterocycles. The van der Waals surface area contributed by atoms with Crippen molar-refractivity contribution in [1.82, 2.24) is 34.4 Å². The van der Waals surface area contributed by atoms with Crippen molar-refractivity contribution in [3.8, 4) is 5.69 Å². The third kappa shape index (κ3) is 3.93. The van der Waals surface area contributed by atoms with Crippen molar-refractivity contribution in [2.45, 2.75) is 6.42 Å². The molecule has 0 spiro atoms. The minimum atomic E-state index is -0.567. The van der Waals surface area contributed by atoms with Crippen LogP contribution in [0.4, 0.5) is 10.2 Å². The molecular formula is C25H23FN8O2. The number of aromatic nitrogens is 6. The van der Waals surface area contributed by atoms with E-state index in [1.807, 2.05) is 34.9 Å². The number of anilines is 1. The number of nitrogens with one attached hydrogen (secondary N) is 2. The van der Waals surface area contributed by atoms with Gasteiger partial charge in [0, 0.05) is 31.7 Å². The molecule has 0 aliphatic carbocycles. The lowest BCUT2D eigenvalue weighted by Gasteiger charge is -2.27. The number of carbonyl (C=O) groups is 1. The Morgan fingerprint density at radius 2 is 1.92 bits per heavy atom. The molecule has 36 heavy (non-hydrogen) atoms. The summed E-state index contributed by atoms with van der Waals surface area (Å²) >= 11 is 0. The summed E-state index contributed by atoms with van der Waals surface area (Å²) in [6.07, 6.45) is 3.53. The zero-order chi connectivity index (χ0) is 24.5. The van der Waals surface area contributed by atoms with E-state index in [9.17, 15) is 4.79 Å². The minimum absolute atomic E-state index is 0.0268. The first-order valence-electron chi connectivity index (χ1n) is 11.7. The number of rotatable bonds is 6. The van der Waals surface area contributed by atoms with Gasteiger partial charge < -0.3 is 19.9 Å². The van der Waals surface area contributed by atoms with Crippen molar-refractivity contribution in [3.63, 3.8) is 0 Å². The molecule has 1 saturated heterocycles. The molecule has 4 heterocycles. The summed E-state index contributed by atoms with van der Waals surface area (Å²) in [5.41, 5.74) is 3.14. The van der Waals surface area contributed by atoms with E-state index < -0.39 is 5.82 Å². The highest BCUT2D eigenvalue weighted by Gasteiger charge is 2.27. The highest BCUT2D eigenvalue weighted by Crippen LogP contribution is 2.28. The van der Waals surface area contributed by atoms with Crippen LogP contribution >= 0.6 is 0 Å². The van der Waals surface area contributed by atoms with E-state index in [1.54, 1.807) is 17.3 Å². The minimum Gasteiger partial charge on any atom is -0.378 e. The molecule has 6 rings (SSSR count). The Balaban J connectivity index is 1.40. The lowest BCUT2D eigenvalue weighted by molar-refractivity contribution is 0.0301. The van der Waals surface area contributed by atoms with Gasteiger partial charge in [0.2, 0.25) is 0 Å². The number of carbonyl (C=O) groups excluding carboxylic acids is 1. The van der Waals surface area contributed by atoms with E-state index in [-0.39, 0.29) is 11.5 Å². The van der Waals surface area contributed by atoms with Crippen LogP contribution in [0, 0.1) is 5.82 Å². The highest BCUT2D eigenvalue weighted by molar-refractivity contribution is 6.06. The summed E-state index contributed by atoms with van der Waals surface area (Å²) < 4.78 is 22.5. The molecule has 0 radical (unpaired) electrons. The van der Waals surface area contributed by atoms with Crippen molar-refractivity contribution in [1.29, 1.82) is 0 Å². The fourth-order valence-corrected chi connectivity index (χ4v) is 4.53. The predicted molar refractivity (Wildman–Crippen MR) is 132 cm³/mol. The van der Waals surface area contributed by atoms with Gasteiger partial charge in [-0.1, -0.05) is 18.2 Å². The Morgan fingerprint density at radius 1 is 1.08 bits per heavy atom. The molecular weight excluding hydrogens is 463 g/mol. The van der Waals surface area contributed by atoms with Crippen molar-refractivity contribution in [3.05, 3.63) is 72.3 Å². The number of para-hydroxylation sites is 1. The first kappa shape index (κ1) is 22.1. The molecule has 3 aromatic heterocycles. The van der Waals surface area contributed by atoms with E-state index >= 15 is 4.39 Å². The van der Waals surface area contributed by atoms with Gasteiger partial charge in [0.25, 0.3) is 5.91 Å². The van der Waals surface area contributed by atoms with Crippen molar-refractivity contribution in [2.24, 2.45) is 0 Å². The van der Waals surface area contributed by atoms with Crippen LogP contribution in [0.1, 0.15) is 16.2 Å². The van der Waals surface area contributed by atoms with Crippen LogP contribution in [-0.2, 0) is 11.2 Å². The maximum absolute atomic E-state index is 15.3. The van der Waals surface area contributed by atoms with Crippen LogP contribution in [0.25, 0.3) is 27.9 Å². The van der Waals surface area contributed by atoms with Crippen molar-refractivity contribution in [2.75, 3.05) is 38.2 Å². The van der Waals surface area contributed by atoms with Crippen LogP contribution in [-0.4, -0.2) is 73.1 Å². The number of halogens is 1. The summed E-state index contributed by atoms with van der Waals surface area (Å²) in [5, 5.41) is 3.30. The number of fused-ring (bicyclic) bond motifs is 2. The number of imidazole rings is 2. The Labute approximate surface area is 205 Å². The standard InChI is InChI=1S/C25H23FN8O2/c26-17-6-7-18-22(20(17)25(35)33-10-12-36-13-11-33)34(16-4-2-1-3-5-16)19(32-18)8-9-27-23-21-24(29-14-28-21)31-15-30-23/h1-7,14-15H,8-13H2,(H2,27,28,29,30,31). The van der Waals surface area contributed by atoms with E-state index in [2.05, 4.69) is 25.3 Å². The highest BCUT2D eigenvalue weighted by atomic mass is 19.1.